The molecule has 0 saturated carbocycles. The Hall–Kier alpha value is -1.36. The van der Waals surface area contributed by atoms with Crippen LogP contribution >= 0.6 is 11.6 Å². The highest BCUT2D eigenvalue weighted by atomic mass is 35.5. The fraction of sp³-hybridized carbons (Fsp3) is 0.364. The minimum Gasteiger partial charge on any atom is -0.433 e. The predicted molar refractivity (Wildman–Crippen MR) is 58.6 cm³/mol. The Labute approximate surface area is 102 Å². The quantitative estimate of drug-likeness (QED) is 0.601. The van der Waals surface area contributed by atoms with E-state index in [0.29, 0.717) is 6.42 Å². The fourth-order valence-electron chi connectivity index (χ4n) is 1.12. The number of rotatable bonds is 5. The average Bonchev–Trinajstić information content (AvgIpc) is 2.22. The maximum Gasteiger partial charge on any atom is 0.387 e. The maximum atomic E-state index is 12.0. The van der Waals surface area contributed by atoms with Crippen molar-refractivity contribution in [1.82, 2.24) is 0 Å². The van der Waals surface area contributed by atoms with Crippen LogP contribution in [-0.4, -0.2) is 12.6 Å². The van der Waals surface area contributed by atoms with E-state index in [9.17, 15) is 13.6 Å². The highest BCUT2D eigenvalue weighted by Gasteiger charge is 2.11. The van der Waals surface area contributed by atoms with Gasteiger partial charge in [0.05, 0.1) is 5.02 Å². The molecule has 0 aromatic heterocycles. The Bertz CT molecular complexity index is 396. The number of hydrogen-bond donors (Lipinski definition) is 0. The normalized spacial score (nSPS) is 10.4. The second kappa shape index (κ2) is 6.39. The summed E-state index contributed by atoms with van der Waals surface area (Å²) in [6, 6.07) is 3.89. The van der Waals surface area contributed by atoms with Gasteiger partial charge in [-0.2, -0.15) is 8.78 Å². The van der Waals surface area contributed by atoms with E-state index >= 15 is 0 Å². The van der Waals surface area contributed by atoms with Gasteiger partial charge in [-0.25, -0.2) is 0 Å². The lowest BCUT2D eigenvalue weighted by molar-refractivity contribution is -0.134. The molecule has 0 saturated heterocycles. The average molecular weight is 265 g/mol. The molecule has 1 aromatic rings. The van der Waals surface area contributed by atoms with Gasteiger partial charge in [-0.3, -0.25) is 4.79 Å². The molecule has 1 aromatic carbocycles. The number of carbonyl (C=O) groups is 1. The lowest BCUT2D eigenvalue weighted by atomic mass is 10.3. The molecule has 0 atom stereocenters. The Kier molecular flexibility index (Phi) is 5.15. The van der Waals surface area contributed by atoms with Crippen LogP contribution in [-0.2, 0) is 4.79 Å². The Morgan fingerprint density at radius 2 is 2.18 bits per heavy atom. The van der Waals surface area contributed by atoms with Crippen LogP contribution < -0.4 is 9.47 Å². The van der Waals surface area contributed by atoms with Crippen LogP contribution in [0.3, 0.4) is 0 Å². The second-order valence-corrected chi connectivity index (χ2v) is 3.60. The zero-order chi connectivity index (χ0) is 12.8. The molecule has 6 heteroatoms. The number of benzene rings is 1. The summed E-state index contributed by atoms with van der Waals surface area (Å²) in [5.41, 5.74) is 0. The van der Waals surface area contributed by atoms with E-state index in [0.717, 1.165) is 6.07 Å². The van der Waals surface area contributed by atoms with Crippen molar-refractivity contribution in [2.45, 2.75) is 26.4 Å². The molecule has 0 spiro atoms. The summed E-state index contributed by atoms with van der Waals surface area (Å²) >= 11 is 5.64. The van der Waals surface area contributed by atoms with Crippen LogP contribution in [0.5, 0.6) is 11.5 Å². The van der Waals surface area contributed by atoms with Gasteiger partial charge in [0.1, 0.15) is 11.5 Å². The minimum absolute atomic E-state index is 0.0283. The first-order valence-electron chi connectivity index (χ1n) is 4.98. The Morgan fingerprint density at radius 3 is 2.76 bits per heavy atom. The standard InChI is InChI=1S/C11H11ClF2O3/c1-2-3-10(15)16-7-4-5-8(12)9(6-7)17-11(13)14/h4-6,11H,2-3H2,1H3. The SMILES string of the molecule is CCCC(=O)Oc1ccc(Cl)c(OC(F)F)c1. The van der Waals surface area contributed by atoms with E-state index in [4.69, 9.17) is 16.3 Å². The zero-order valence-corrected chi connectivity index (χ0v) is 9.84. The van der Waals surface area contributed by atoms with Crippen LogP contribution in [0, 0.1) is 0 Å². The first-order chi connectivity index (χ1) is 8.02. The van der Waals surface area contributed by atoms with Gasteiger partial charge in [0.15, 0.2) is 0 Å². The van der Waals surface area contributed by atoms with Gasteiger partial charge >= 0.3 is 12.6 Å². The van der Waals surface area contributed by atoms with Gasteiger partial charge in [0.2, 0.25) is 0 Å². The summed E-state index contributed by atoms with van der Waals surface area (Å²) in [4.78, 5) is 11.2. The molecule has 17 heavy (non-hydrogen) atoms. The number of halogens is 3. The van der Waals surface area contributed by atoms with Gasteiger partial charge in [-0.05, 0) is 18.6 Å². The Morgan fingerprint density at radius 1 is 1.47 bits per heavy atom. The molecule has 0 aliphatic carbocycles. The molecule has 0 unspecified atom stereocenters. The molecule has 0 fully saturated rings. The van der Waals surface area contributed by atoms with E-state index in [1.165, 1.54) is 12.1 Å². The largest absolute Gasteiger partial charge is 0.433 e. The third-order valence-corrected chi connectivity index (χ3v) is 2.12. The summed E-state index contributed by atoms with van der Waals surface area (Å²) in [5.74, 6) is -0.523. The fourth-order valence-corrected chi connectivity index (χ4v) is 1.28. The van der Waals surface area contributed by atoms with Gasteiger partial charge in [0, 0.05) is 12.5 Å². The summed E-state index contributed by atoms with van der Waals surface area (Å²) < 4.78 is 33.1. The molecule has 0 radical (unpaired) electrons. The monoisotopic (exact) mass is 264 g/mol. The summed E-state index contributed by atoms with van der Waals surface area (Å²) in [6.45, 7) is -1.15. The van der Waals surface area contributed by atoms with Crippen molar-refractivity contribution in [3.8, 4) is 11.5 Å². The van der Waals surface area contributed by atoms with Crippen LogP contribution in [0.1, 0.15) is 19.8 Å². The molecular weight excluding hydrogens is 254 g/mol. The zero-order valence-electron chi connectivity index (χ0n) is 9.08. The number of carbonyl (C=O) groups excluding carboxylic acids is 1. The highest BCUT2D eigenvalue weighted by molar-refractivity contribution is 6.32. The lowest BCUT2D eigenvalue weighted by Crippen LogP contribution is -2.07. The van der Waals surface area contributed by atoms with E-state index < -0.39 is 12.6 Å². The van der Waals surface area contributed by atoms with Gasteiger partial charge in [-0.15, -0.1) is 0 Å². The first kappa shape index (κ1) is 13.7. The van der Waals surface area contributed by atoms with E-state index in [-0.39, 0.29) is 22.9 Å². The molecule has 1 rings (SSSR count). The molecule has 0 aliphatic heterocycles. The van der Waals surface area contributed by atoms with Crippen LogP contribution in [0.25, 0.3) is 0 Å². The molecule has 0 aliphatic rings. The van der Waals surface area contributed by atoms with Gasteiger partial charge in [-0.1, -0.05) is 18.5 Å². The van der Waals surface area contributed by atoms with E-state index in [1.54, 1.807) is 0 Å². The lowest BCUT2D eigenvalue weighted by Gasteiger charge is -2.09. The molecule has 0 N–H and O–H groups in total. The smallest absolute Gasteiger partial charge is 0.387 e. The van der Waals surface area contributed by atoms with Crippen molar-refractivity contribution >= 4 is 17.6 Å². The van der Waals surface area contributed by atoms with Crippen LogP contribution in [0.4, 0.5) is 8.78 Å². The predicted octanol–water partition coefficient (Wildman–Crippen LogP) is 3.65. The number of alkyl halides is 2. The topological polar surface area (TPSA) is 35.5 Å². The minimum atomic E-state index is -2.98. The van der Waals surface area contributed by atoms with Crippen molar-refractivity contribution in [3.05, 3.63) is 23.2 Å². The van der Waals surface area contributed by atoms with Crippen LogP contribution in [0.2, 0.25) is 5.02 Å². The van der Waals surface area contributed by atoms with E-state index in [1.807, 2.05) is 6.92 Å². The summed E-state index contributed by atoms with van der Waals surface area (Å²) in [7, 11) is 0. The maximum absolute atomic E-state index is 12.0. The first-order valence-corrected chi connectivity index (χ1v) is 5.35. The highest BCUT2D eigenvalue weighted by Crippen LogP contribution is 2.30. The summed E-state index contributed by atoms with van der Waals surface area (Å²) in [6.07, 6.45) is 0.903. The number of ether oxygens (including phenoxy) is 2. The molecule has 3 nitrogen and oxygen atoms in total. The molecular formula is C11H11ClF2O3. The Balaban J connectivity index is 2.77. The number of esters is 1. The molecule has 0 bridgehead atoms. The number of hydrogen-bond acceptors (Lipinski definition) is 3. The van der Waals surface area contributed by atoms with Gasteiger partial charge in [0.25, 0.3) is 0 Å². The van der Waals surface area contributed by atoms with Crippen molar-refractivity contribution in [2.75, 3.05) is 0 Å². The van der Waals surface area contributed by atoms with Gasteiger partial charge < -0.3 is 9.47 Å². The third-order valence-electron chi connectivity index (χ3n) is 1.80. The van der Waals surface area contributed by atoms with Crippen molar-refractivity contribution in [2.24, 2.45) is 0 Å². The van der Waals surface area contributed by atoms with Crippen molar-refractivity contribution in [3.63, 3.8) is 0 Å². The molecule has 0 amide bonds. The van der Waals surface area contributed by atoms with Crippen molar-refractivity contribution in [1.29, 1.82) is 0 Å². The molecule has 0 heterocycles. The third kappa shape index (κ3) is 4.56. The van der Waals surface area contributed by atoms with E-state index in [2.05, 4.69) is 4.74 Å². The summed E-state index contributed by atoms with van der Waals surface area (Å²) in [5, 5.41) is 0.0283. The molecule has 94 valence electrons. The van der Waals surface area contributed by atoms with Crippen LogP contribution in [0.15, 0.2) is 18.2 Å². The second-order valence-electron chi connectivity index (χ2n) is 3.19. The van der Waals surface area contributed by atoms with Crippen molar-refractivity contribution < 1.29 is 23.0 Å².